The molecule has 2 aromatic carbocycles. The number of methoxy groups -OCH3 is 1. The van der Waals surface area contributed by atoms with Gasteiger partial charge in [-0.1, -0.05) is 43.6 Å². The lowest BCUT2D eigenvalue weighted by molar-refractivity contribution is -0.131. The van der Waals surface area contributed by atoms with Crippen molar-refractivity contribution in [2.45, 2.75) is 33.1 Å². The van der Waals surface area contributed by atoms with Crippen molar-refractivity contribution in [2.24, 2.45) is 0 Å². The average Bonchev–Trinajstić information content (AvgIpc) is 2.48. The van der Waals surface area contributed by atoms with E-state index >= 15 is 0 Å². The van der Waals surface area contributed by atoms with E-state index in [1.807, 2.05) is 43.3 Å². The van der Waals surface area contributed by atoms with Gasteiger partial charge in [0.05, 0.1) is 12.1 Å². The third-order valence-electron chi connectivity index (χ3n) is 4.02. The van der Waals surface area contributed by atoms with Crippen molar-refractivity contribution in [3.63, 3.8) is 0 Å². The van der Waals surface area contributed by atoms with Gasteiger partial charge in [0.2, 0.25) is 0 Å². The summed E-state index contributed by atoms with van der Waals surface area (Å²) < 4.78 is 10.4. The summed E-state index contributed by atoms with van der Waals surface area (Å²) in [5, 5.41) is 0.589. The molecule has 0 amide bonds. The summed E-state index contributed by atoms with van der Waals surface area (Å²) in [7, 11) is 1.60. The predicted octanol–water partition coefficient (Wildman–Crippen LogP) is 4.91. The number of carbonyl (C=O) groups excluding carboxylic acids is 1. The summed E-state index contributed by atoms with van der Waals surface area (Å²) in [4.78, 5) is 11.1. The number of aryl methyl sites for hydroxylation is 1. The van der Waals surface area contributed by atoms with Gasteiger partial charge in [-0.3, -0.25) is 4.79 Å². The number of rotatable bonds is 4. The molecule has 122 valence electrons. The van der Waals surface area contributed by atoms with E-state index in [0.29, 0.717) is 16.5 Å². The van der Waals surface area contributed by atoms with E-state index in [2.05, 4.69) is 13.8 Å². The van der Waals surface area contributed by atoms with Gasteiger partial charge >= 0.3 is 5.97 Å². The van der Waals surface area contributed by atoms with Crippen molar-refractivity contribution in [1.29, 1.82) is 0 Å². The average molecular weight is 333 g/mol. The Kier molecular flexibility index (Phi) is 5.00. The second-order valence-corrected chi connectivity index (χ2v) is 6.46. The summed E-state index contributed by atoms with van der Waals surface area (Å²) >= 11 is 6.25. The second kappa shape index (κ2) is 6.63. The molecule has 0 spiro atoms. The summed E-state index contributed by atoms with van der Waals surface area (Å²) in [5.41, 5.74) is 2.88. The molecule has 0 unspecified atom stereocenters. The highest BCUT2D eigenvalue weighted by Crippen LogP contribution is 2.37. The van der Waals surface area contributed by atoms with Crippen LogP contribution in [0.5, 0.6) is 11.5 Å². The van der Waals surface area contributed by atoms with E-state index in [1.54, 1.807) is 7.11 Å². The van der Waals surface area contributed by atoms with Gasteiger partial charge in [0, 0.05) is 12.3 Å². The number of hydrogen-bond donors (Lipinski definition) is 0. The van der Waals surface area contributed by atoms with Crippen molar-refractivity contribution < 1.29 is 14.3 Å². The molecule has 0 radical (unpaired) electrons. The first-order valence-electron chi connectivity index (χ1n) is 7.39. The van der Waals surface area contributed by atoms with Gasteiger partial charge in [-0.15, -0.1) is 0 Å². The number of halogens is 1. The van der Waals surface area contributed by atoms with Crippen molar-refractivity contribution in [2.75, 3.05) is 7.11 Å². The Balaban J connectivity index is 2.41. The van der Waals surface area contributed by atoms with Gasteiger partial charge in [-0.25, -0.2) is 0 Å². The molecule has 0 saturated carbocycles. The smallest absolute Gasteiger partial charge is 0.308 e. The van der Waals surface area contributed by atoms with E-state index < -0.39 is 0 Å². The van der Waals surface area contributed by atoms with Crippen LogP contribution >= 0.6 is 11.6 Å². The molecule has 0 fully saturated rings. The van der Waals surface area contributed by atoms with Crippen LogP contribution in [0.4, 0.5) is 0 Å². The zero-order valence-electron chi connectivity index (χ0n) is 14.1. The second-order valence-electron chi connectivity index (χ2n) is 6.05. The number of benzene rings is 2. The highest BCUT2D eigenvalue weighted by atomic mass is 35.5. The quantitative estimate of drug-likeness (QED) is 0.589. The van der Waals surface area contributed by atoms with Gasteiger partial charge in [0.15, 0.2) is 0 Å². The fraction of sp³-hybridized carbons (Fsp3) is 0.316. The van der Waals surface area contributed by atoms with Gasteiger partial charge in [-0.05, 0) is 41.8 Å². The van der Waals surface area contributed by atoms with E-state index in [0.717, 1.165) is 16.7 Å². The third kappa shape index (κ3) is 3.67. The molecule has 3 nitrogen and oxygen atoms in total. The molecule has 0 aliphatic heterocycles. The largest absolute Gasteiger partial charge is 0.495 e. The molecule has 0 N–H and O–H groups in total. The molecule has 0 aromatic heterocycles. The van der Waals surface area contributed by atoms with Crippen LogP contribution in [-0.2, 0) is 10.2 Å². The van der Waals surface area contributed by atoms with Crippen LogP contribution in [0.2, 0.25) is 5.02 Å². The molecular formula is C19H21ClO3. The first kappa shape index (κ1) is 17.4. The van der Waals surface area contributed by atoms with E-state index in [1.165, 1.54) is 6.92 Å². The lowest BCUT2D eigenvalue weighted by atomic mass is 9.77. The minimum Gasteiger partial charge on any atom is -0.495 e. The van der Waals surface area contributed by atoms with Gasteiger partial charge in [0.25, 0.3) is 0 Å². The molecule has 0 aliphatic carbocycles. The topological polar surface area (TPSA) is 35.5 Å². The molecule has 23 heavy (non-hydrogen) atoms. The fourth-order valence-corrected chi connectivity index (χ4v) is 2.79. The Morgan fingerprint density at radius 2 is 1.61 bits per heavy atom. The third-order valence-corrected chi connectivity index (χ3v) is 4.32. The SMILES string of the molecule is COc1ccc(C(C)(C)c2ccc(OC(C)=O)c(C)c2)cc1Cl. The van der Waals surface area contributed by atoms with Crippen LogP contribution in [0.1, 0.15) is 37.5 Å². The maximum atomic E-state index is 11.1. The number of esters is 1. The summed E-state index contributed by atoms with van der Waals surface area (Å²) in [6.45, 7) is 7.59. The summed E-state index contributed by atoms with van der Waals surface area (Å²) in [5.74, 6) is 0.930. The predicted molar refractivity (Wildman–Crippen MR) is 92.6 cm³/mol. The molecule has 0 atom stereocenters. The van der Waals surface area contributed by atoms with E-state index in [9.17, 15) is 4.79 Å². The van der Waals surface area contributed by atoms with Crippen LogP contribution in [-0.4, -0.2) is 13.1 Å². The standard InChI is InChI=1S/C19H21ClO3/c1-12-10-14(6-8-17(12)23-13(2)21)19(3,4)15-7-9-18(22-5)16(20)11-15/h6-11H,1-5H3. The monoisotopic (exact) mass is 332 g/mol. The van der Waals surface area contributed by atoms with Crippen molar-refractivity contribution >= 4 is 17.6 Å². The molecule has 0 aliphatic rings. The minimum absolute atomic E-state index is 0.241. The van der Waals surface area contributed by atoms with Crippen molar-refractivity contribution in [3.05, 3.63) is 58.1 Å². The summed E-state index contributed by atoms with van der Waals surface area (Å²) in [6.07, 6.45) is 0. The Hall–Kier alpha value is -2.00. The van der Waals surface area contributed by atoms with E-state index in [-0.39, 0.29) is 11.4 Å². The highest BCUT2D eigenvalue weighted by Gasteiger charge is 2.25. The molecule has 0 saturated heterocycles. The first-order chi connectivity index (χ1) is 10.8. The first-order valence-corrected chi connectivity index (χ1v) is 7.77. The minimum atomic E-state index is -0.318. The summed E-state index contributed by atoms with van der Waals surface area (Å²) in [6, 6.07) is 11.7. The molecule has 0 heterocycles. The van der Waals surface area contributed by atoms with Gasteiger partial charge in [-0.2, -0.15) is 0 Å². The number of ether oxygens (including phenoxy) is 2. The lowest BCUT2D eigenvalue weighted by Gasteiger charge is -2.27. The zero-order chi connectivity index (χ0) is 17.2. The Labute approximate surface area is 142 Å². The fourth-order valence-electron chi connectivity index (χ4n) is 2.53. The van der Waals surface area contributed by atoms with Crippen molar-refractivity contribution in [3.8, 4) is 11.5 Å². The Bertz CT molecular complexity index is 735. The van der Waals surface area contributed by atoms with Crippen LogP contribution in [0.3, 0.4) is 0 Å². The molecule has 0 bridgehead atoms. The molecule has 2 aromatic rings. The maximum Gasteiger partial charge on any atom is 0.308 e. The normalized spacial score (nSPS) is 11.2. The van der Waals surface area contributed by atoms with Gasteiger partial charge in [0.1, 0.15) is 11.5 Å². The number of hydrogen-bond acceptors (Lipinski definition) is 3. The lowest BCUT2D eigenvalue weighted by Crippen LogP contribution is -2.19. The van der Waals surface area contributed by atoms with Crippen LogP contribution in [0.15, 0.2) is 36.4 Å². The highest BCUT2D eigenvalue weighted by molar-refractivity contribution is 6.32. The number of carbonyl (C=O) groups is 1. The maximum absolute atomic E-state index is 11.1. The van der Waals surface area contributed by atoms with E-state index in [4.69, 9.17) is 21.1 Å². The Morgan fingerprint density at radius 3 is 2.09 bits per heavy atom. The van der Waals surface area contributed by atoms with Crippen LogP contribution in [0, 0.1) is 6.92 Å². The van der Waals surface area contributed by atoms with Crippen LogP contribution < -0.4 is 9.47 Å². The van der Waals surface area contributed by atoms with Gasteiger partial charge < -0.3 is 9.47 Å². The molecular weight excluding hydrogens is 312 g/mol. The molecule has 2 rings (SSSR count). The zero-order valence-corrected chi connectivity index (χ0v) is 14.8. The van der Waals surface area contributed by atoms with Crippen molar-refractivity contribution in [1.82, 2.24) is 0 Å². The molecule has 4 heteroatoms. The Morgan fingerprint density at radius 1 is 1.04 bits per heavy atom. The van der Waals surface area contributed by atoms with Crippen LogP contribution in [0.25, 0.3) is 0 Å².